The van der Waals surface area contributed by atoms with Crippen molar-refractivity contribution in [3.63, 3.8) is 0 Å². The number of ether oxygens (including phenoxy) is 3. The Labute approximate surface area is 277 Å². The van der Waals surface area contributed by atoms with E-state index in [4.69, 9.17) is 18.6 Å². The lowest BCUT2D eigenvalue weighted by atomic mass is 9.80. The summed E-state index contributed by atoms with van der Waals surface area (Å²) in [5, 5.41) is 11.2. The summed E-state index contributed by atoms with van der Waals surface area (Å²) in [6.45, 7) is 26.1. The predicted molar refractivity (Wildman–Crippen MR) is 189 cm³/mol. The van der Waals surface area contributed by atoms with Crippen molar-refractivity contribution in [1.82, 2.24) is 0 Å². The molecular weight excluding hydrogens is 580 g/mol. The van der Waals surface area contributed by atoms with Crippen LogP contribution in [0.25, 0.3) is 0 Å². The van der Waals surface area contributed by atoms with Gasteiger partial charge in [-0.25, -0.2) is 0 Å². The highest BCUT2D eigenvalue weighted by atomic mass is 28.4. The molecular formula is C38H68O6Si. The molecule has 45 heavy (non-hydrogen) atoms. The first-order chi connectivity index (χ1) is 21.0. The molecule has 260 valence electrons. The Morgan fingerprint density at radius 1 is 1.18 bits per heavy atom. The van der Waals surface area contributed by atoms with E-state index in [-0.39, 0.29) is 53.6 Å². The lowest BCUT2D eigenvalue weighted by Gasteiger charge is -2.39. The van der Waals surface area contributed by atoms with Crippen molar-refractivity contribution in [3.8, 4) is 0 Å². The number of methoxy groups -OCH3 is 1. The first kappa shape index (κ1) is 39.9. The van der Waals surface area contributed by atoms with Gasteiger partial charge in [-0.15, -0.1) is 0 Å². The number of carbonyl (C=O) groups is 1. The van der Waals surface area contributed by atoms with Crippen LogP contribution in [0.15, 0.2) is 36.0 Å². The number of epoxide rings is 1. The third-order valence-corrected chi connectivity index (χ3v) is 16.1. The summed E-state index contributed by atoms with van der Waals surface area (Å²) in [6.07, 6.45) is 13.4. The molecule has 1 saturated heterocycles. The monoisotopic (exact) mass is 648 g/mol. The molecule has 0 saturated carbocycles. The molecule has 2 heterocycles. The molecule has 0 aromatic heterocycles. The minimum absolute atomic E-state index is 0.0506. The molecule has 0 aromatic rings. The van der Waals surface area contributed by atoms with Gasteiger partial charge in [-0.1, -0.05) is 107 Å². The van der Waals surface area contributed by atoms with Gasteiger partial charge in [-0.05, 0) is 66.6 Å². The lowest BCUT2D eigenvalue weighted by molar-refractivity contribution is -0.151. The fraction of sp³-hybridized carbons (Fsp3) is 0.816. The van der Waals surface area contributed by atoms with Crippen molar-refractivity contribution in [2.24, 2.45) is 22.7 Å². The number of hydrogen-bond acceptors (Lipinski definition) is 6. The number of rotatable bonds is 14. The van der Waals surface area contributed by atoms with Gasteiger partial charge in [0.05, 0.1) is 36.9 Å². The zero-order chi connectivity index (χ0) is 34.2. The van der Waals surface area contributed by atoms with Crippen LogP contribution in [0.3, 0.4) is 0 Å². The first-order valence-corrected chi connectivity index (χ1v) is 20.1. The molecule has 2 aliphatic heterocycles. The summed E-state index contributed by atoms with van der Waals surface area (Å²) in [6, 6.07) is 2.04. The number of carbonyl (C=O) groups excluding carboxylic acids is 1. The van der Waals surface area contributed by atoms with Crippen LogP contribution in [0.2, 0.25) is 17.6 Å². The van der Waals surface area contributed by atoms with E-state index in [9.17, 15) is 9.90 Å². The number of hydrogen-bond donors (Lipinski definition) is 1. The summed E-state index contributed by atoms with van der Waals surface area (Å²) in [5.74, 6) is 0.0627. The minimum Gasteiger partial charge on any atom is -0.457 e. The Morgan fingerprint density at radius 2 is 1.82 bits per heavy atom. The largest absolute Gasteiger partial charge is 0.457 e. The molecule has 8 atom stereocenters. The van der Waals surface area contributed by atoms with Gasteiger partial charge in [0.1, 0.15) is 6.10 Å². The summed E-state index contributed by atoms with van der Waals surface area (Å²) in [7, 11) is -0.243. The summed E-state index contributed by atoms with van der Waals surface area (Å²) in [5.41, 5.74) is 1.05. The highest BCUT2D eigenvalue weighted by molar-refractivity contribution is 6.75. The van der Waals surface area contributed by atoms with E-state index in [1.807, 2.05) is 19.1 Å². The van der Waals surface area contributed by atoms with Crippen molar-refractivity contribution in [2.45, 2.75) is 169 Å². The SMILES string of the molecule is CCC(OC)C(C)C1OC1CC(C)(C)/C=C/C=C(\C)C1OC(=O)CC(O[Si](CC)(CC)C(C)C)CCC(C)(C)C(O)/C=C/C1C. The van der Waals surface area contributed by atoms with Crippen LogP contribution in [0.4, 0.5) is 0 Å². The molecule has 0 radical (unpaired) electrons. The lowest BCUT2D eigenvalue weighted by Crippen LogP contribution is -2.45. The Morgan fingerprint density at radius 3 is 2.38 bits per heavy atom. The molecule has 0 aromatic carbocycles. The summed E-state index contributed by atoms with van der Waals surface area (Å²) >= 11 is 0. The van der Waals surface area contributed by atoms with Gasteiger partial charge in [-0.2, -0.15) is 0 Å². The summed E-state index contributed by atoms with van der Waals surface area (Å²) < 4.78 is 24.9. The van der Waals surface area contributed by atoms with Crippen LogP contribution in [0, 0.1) is 22.7 Å². The molecule has 0 aliphatic carbocycles. The van der Waals surface area contributed by atoms with E-state index in [0.717, 1.165) is 43.3 Å². The van der Waals surface area contributed by atoms with Gasteiger partial charge in [0.2, 0.25) is 0 Å². The molecule has 7 heteroatoms. The predicted octanol–water partition coefficient (Wildman–Crippen LogP) is 9.19. The Kier molecular flexibility index (Phi) is 15.3. The molecule has 0 amide bonds. The molecule has 8 unspecified atom stereocenters. The van der Waals surface area contributed by atoms with Crippen molar-refractivity contribution in [2.75, 3.05) is 7.11 Å². The maximum absolute atomic E-state index is 13.5. The maximum Gasteiger partial charge on any atom is 0.308 e. The first-order valence-electron chi connectivity index (χ1n) is 17.7. The molecule has 6 nitrogen and oxygen atoms in total. The van der Waals surface area contributed by atoms with Gasteiger partial charge < -0.3 is 23.7 Å². The Balaban J connectivity index is 2.24. The summed E-state index contributed by atoms with van der Waals surface area (Å²) in [4.78, 5) is 13.5. The standard InChI is InChI=1S/C38H68O6Si/c1-14-31(41-13)29(8)36-32(42-36)25-37(9,10)22-17-18-27(6)35-28(7)19-20-33(39)38(11,12)23-21-30(24-34(40)43-35)44-45(15-2,16-3)26(4)5/h17-20,22,26,28-33,35-36,39H,14-16,21,23-25H2,1-13H3/b20-19+,22-17+,27-18+. The van der Waals surface area contributed by atoms with Crippen LogP contribution < -0.4 is 0 Å². The number of cyclic esters (lactones) is 1. The fourth-order valence-corrected chi connectivity index (χ4v) is 10.7. The minimum atomic E-state index is -2.03. The molecule has 1 N–H and O–H groups in total. The van der Waals surface area contributed by atoms with Gasteiger partial charge in [0.25, 0.3) is 0 Å². The number of aliphatic hydroxyl groups is 1. The zero-order valence-electron chi connectivity index (χ0n) is 31.0. The van der Waals surface area contributed by atoms with Crippen LogP contribution in [-0.4, -0.2) is 63.1 Å². The van der Waals surface area contributed by atoms with Crippen LogP contribution in [0.5, 0.6) is 0 Å². The third-order valence-electron chi connectivity index (χ3n) is 10.8. The van der Waals surface area contributed by atoms with Crippen molar-refractivity contribution < 1.29 is 28.5 Å². The van der Waals surface area contributed by atoms with Crippen LogP contribution in [0.1, 0.15) is 115 Å². The van der Waals surface area contributed by atoms with Gasteiger partial charge in [0.15, 0.2) is 8.32 Å². The highest BCUT2D eigenvalue weighted by Gasteiger charge is 2.47. The van der Waals surface area contributed by atoms with Crippen molar-refractivity contribution in [3.05, 3.63) is 36.0 Å². The zero-order valence-corrected chi connectivity index (χ0v) is 32.0. The molecule has 2 aliphatic rings. The highest BCUT2D eigenvalue weighted by Crippen LogP contribution is 2.41. The van der Waals surface area contributed by atoms with E-state index in [1.54, 1.807) is 7.11 Å². The van der Waals surface area contributed by atoms with E-state index in [2.05, 4.69) is 94.4 Å². The second-order valence-corrected chi connectivity index (χ2v) is 20.6. The molecule has 1 fully saturated rings. The van der Waals surface area contributed by atoms with Crippen molar-refractivity contribution in [1.29, 1.82) is 0 Å². The molecule has 2 rings (SSSR count). The van der Waals surface area contributed by atoms with Gasteiger partial charge >= 0.3 is 5.97 Å². The number of aliphatic hydroxyl groups excluding tert-OH is 1. The second kappa shape index (κ2) is 17.2. The average Bonchev–Trinajstić information content (AvgIpc) is 3.73. The number of allylic oxidation sites excluding steroid dienone is 3. The van der Waals surface area contributed by atoms with E-state index in [0.29, 0.717) is 11.5 Å². The Bertz CT molecular complexity index is 1010. The number of esters is 1. The topological polar surface area (TPSA) is 77.5 Å². The van der Waals surface area contributed by atoms with E-state index >= 15 is 0 Å². The Hall–Kier alpha value is -1.25. The normalized spacial score (nSPS) is 30.8. The van der Waals surface area contributed by atoms with E-state index in [1.165, 1.54) is 0 Å². The smallest absolute Gasteiger partial charge is 0.308 e. The third kappa shape index (κ3) is 11.4. The molecule has 0 bridgehead atoms. The van der Waals surface area contributed by atoms with Crippen LogP contribution in [-0.2, 0) is 23.4 Å². The van der Waals surface area contributed by atoms with Gasteiger partial charge in [0, 0.05) is 18.9 Å². The maximum atomic E-state index is 13.5. The fourth-order valence-electron chi connectivity index (χ4n) is 7.11. The van der Waals surface area contributed by atoms with Crippen LogP contribution >= 0.6 is 0 Å². The van der Waals surface area contributed by atoms with Gasteiger partial charge in [-0.3, -0.25) is 4.79 Å². The second-order valence-electron chi connectivity index (χ2n) is 15.6. The average molecular weight is 649 g/mol. The molecule has 0 spiro atoms. The quantitative estimate of drug-likeness (QED) is 0.0665. The van der Waals surface area contributed by atoms with Crippen molar-refractivity contribution >= 4 is 14.3 Å². The van der Waals surface area contributed by atoms with E-state index < -0.39 is 20.5 Å².